The van der Waals surface area contributed by atoms with E-state index in [2.05, 4.69) is 25.3 Å². The number of aryl methyl sites for hydroxylation is 2. The second-order valence-electron chi connectivity index (χ2n) is 8.79. The van der Waals surface area contributed by atoms with Crippen LogP contribution in [0.15, 0.2) is 24.4 Å². The summed E-state index contributed by atoms with van der Waals surface area (Å²) in [5.74, 6) is 0.533. The lowest BCUT2D eigenvalue weighted by atomic mass is 10.0. The summed E-state index contributed by atoms with van der Waals surface area (Å²) in [5, 5.41) is 17.3. The van der Waals surface area contributed by atoms with Crippen molar-refractivity contribution >= 4 is 16.8 Å². The second-order valence-corrected chi connectivity index (χ2v) is 8.79. The van der Waals surface area contributed by atoms with Crippen molar-refractivity contribution in [3.63, 3.8) is 0 Å². The Morgan fingerprint density at radius 2 is 2.09 bits per heavy atom. The maximum Gasteiger partial charge on any atom is 0.248 e. The lowest BCUT2D eigenvalue weighted by molar-refractivity contribution is -0.0604. The molecule has 3 aromatic heterocycles. The van der Waals surface area contributed by atoms with Crippen LogP contribution < -0.4 is 11.5 Å². The minimum atomic E-state index is -0.524. The first-order valence-corrected chi connectivity index (χ1v) is 11.7. The molecular weight excluding hydrogens is 448 g/mol. The normalized spacial score (nSPS) is 19.0. The van der Waals surface area contributed by atoms with Crippen LogP contribution in [0.3, 0.4) is 0 Å². The van der Waals surface area contributed by atoms with Crippen LogP contribution in [0.1, 0.15) is 29.9 Å². The fourth-order valence-corrected chi connectivity index (χ4v) is 4.54. The largest absolute Gasteiger partial charge is 0.374 e. The van der Waals surface area contributed by atoms with Gasteiger partial charge in [0.2, 0.25) is 5.91 Å². The zero-order valence-corrected chi connectivity index (χ0v) is 20.1. The quantitative estimate of drug-likeness (QED) is 0.356. The van der Waals surface area contributed by atoms with Gasteiger partial charge < -0.3 is 16.2 Å². The Kier molecular flexibility index (Phi) is 6.09. The third-order valence-electron chi connectivity index (χ3n) is 6.48. The van der Waals surface area contributed by atoms with E-state index in [0.29, 0.717) is 49.0 Å². The van der Waals surface area contributed by atoms with E-state index in [1.165, 1.54) is 0 Å². The molecule has 1 aliphatic heterocycles. The number of amides is 1. The number of morpholine rings is 1. The molecule has 1 saturated heterocycles. The highest BCUT2D eigenvalue weighted by Crippen LogP contribution is 2.30. The van der Waals surface area contributed by atoms with Gasteiger partial charge in [0.1, 0.15) is 5.69 Å². The number of hydrogen-bond acceptors (Lipinski definition) is 8. The van der Waals surface area contributed by atoms with Crippen LogP contribution in [-0.4, -0.2) is 77.5 Å². The number of fused-ring (bicyclic) bond motifs is 1. The Morgan fingerprint density at radius 3 is 2.86 bits per heavy atom. The molecule has 1 aromatic carbocycles. The maximum atomic E-state index is 12.2. The van der Waals surface area contributed by atoms with E-state index >= 15 is 0 Å². The SMILES string of the molecule is CCn1nc(C)cc1-c1n[nH]c(-c2cc(C(N)=O)cc3c2cnn3CCN2CCO[C@@H](C)[C@H]2N)n1. The molecule has 0 aliphatic carbocycles. The number of H-pyrrole nitrogens is 1. The Bertz CT molecular complexity index is 1370. The first-order valence-electron chi connectivity index (χ1n) is 11.7. The molecule has 5 rings (SSSR count). The summed E-state index contributed by atoms with van der Waals surface area (Å²) in [6.07, 6.45) is 1.58. The zero-order valence-electron chi connectivity index (χ0n) is 20.1. The van der Waals surface area contributed by atoms with Crippen molar-refractivity contribution in [3.05, 3.63) is 35.7 Å². The van der Waals surface area contributed by atoms with Crippen LogP contribution in [0.2, 0.25) is 0 Å². The fraction of sp³-hybridized carbons (Fsp3) is 0.435. The molecule has 4 aromatic rings. The van der Waals surface area contributed by atoms with Crippen molar-refractivity contribution in [2.75, 3.05) is 19.7 Å². The molecule has 184 valence electrons. The third-order valence-corrected chi connectivity index (χ3v) is 6.48. The van der Waals surface area contributed by atoms with Gasteiger partial charge in [0.05, 0.1) is 42.8 Å². The number of nitrogens with zero attached hydrogens (tertiary/aromatic N) is 7. The molecule has 12 nitrogen and oxygen atoms in total. The molecule has 1 aliphatic rings. The minimum absolute atomic E-state index is 0.0281. The van der Waals surface area contributed by atoms with E-state index in [4.69, 9.17) is 21.2 Å². The van der Waals surface area contributed by atoms with Crippen LogP contribution in [-0.2, 0) is 17.8 Å². The maximum absolute atomic E-state index is 12.2. The molecule has 0 saturated carbocycles. The van der Waals surface area contributed by atoms with Crippen LogP contribution in [0.5, 0.6) is 0 Å². The predicted molar refractivity (Wildman–Crippen MR) is 130 cm³/mol. The smallest absolute Gasteiger partial charge is 0.248 e. The number of nitrogens with two attached hydrogens (primary N) is 2. The summed E-state index contributed by atoms with van der Waals surface area (Å²) in [6, 6.07) is 5.44. The average Bonchev–Trinajstić information content (AvgIpc) is 3.57. The number of ether oxygens (including phenoxy) is 1. The molecule has 0 spiro atoms. The summed E-state index contributed by atoms with van der Waals surface area (Å²) in [6.45, 7) is 9.34. The van der Waals surface area contributed by atoms with E-state index < -0.39 is 5.91 Å². The third kappa shape index (κ3) is 4.31. The van der Waals surface area contributed by atoms with Gasteiger partial charge >= 0.3 is 0 Å². The highest BCUT2D eigenvalue weighted by Gasteiger charge is 2.26. The molecule has 35 heavy (non-hydrogen) atoms. The van der Waals surface area contributed by atoms with Gasteiger partial charge in [0, 0.05) is 36.1 Å². The molecule has 12 heteroatoms. The highest BCUT2D eigenvalue weighted by atomic mass is 16.5. The molecule has 5 N–H and O–H groups in total. The number of carbonyl (C=O) groups excluding carboxylic acids is 1. The van der Waals surface area contributed by atoms with Gasteiger partial charge in [-0.25, -0.2) is 4.98 Å². The summed E-state index contributed by atoms with van der Waals surface area (Å²) in [5.41, 5.74) is 15.5. The molecule has 4 heterocycles. The summed E-state index contributed by atoms with van der Waals surface area (Å²) in [7, 11) is 0. The van der Waals surface area contributed by atoms with Crippen molar-refractivity contribution in [2.24, 2.45) is 11.5 Å². The van der Waals surface area contributed by atoms with Crippen LogP contribution >= 0.6 is 0 Å². The molecule has 0 unspecified atom stereocenters. The summed E-state index contributed by atoms with van der Waals surface area (Å²) < 4.78 is 9.34. The topological polar surface area (TPSA) is 159 Å². The fourth-order valence-electron chi connectivity index (χ4n) is 4.54. The number of rotatable bonds is 7. The monoisotopic (exact) mass is 478 g/mol. The predicted octanol–water partition coefficient (Wildman–Crippen LogP) is 1.12. The van der Waals surface area contributed by atoms with Crippen molar-refractivity contribution < 1.29 is 9.53 Å². The zero-order chi connectivity index (χ0) is 24.7. The highest BCUT2D eigenvalue weighted by molar-refractivity contribution is 6.02. The van der Waals surface area contributed by atoms with E-state index in [0.717, 1.165) is 28.8 Å². The van der Waals surface area contributed by atoms with Gasteiger partial charge in [-0.2, -0.15) is 15.3 Å². The lowest BCUT2D eigenvalue weighted by Crippen LogP contribution is -2.55. The summed E-state index contributed by atoms with van der Waals surface area (Å²) in [4.78, 5) is 19.1. The molecular formula is C23H30N10O2. The number of aromatic nitrogens is 7. The van der Waals surface area contributed by atoms with Gasteiger partial charge in [-0.05, 0) is 39.0 Å². The van der Waals surface area contributed by atoms with E-state index in [-0.39, 0.29) is 12.3 Å². The van der Waals surface area contributed by atoms with E-state index in [9.17, 15) is 4.79 Å². The van der Waals surface area contributed by atoms with Crippen LogP contribution in [0, 0.1) is 6.92 Å². The molecule has 1 fully saturated rings. The standard InChI is InChI=1S/C23H30N10O2/c1-4-32-19(9-13(2)30-32)23-27-22(28-29-23)16-10-15(21(25)34)11-18-17(16)12-26-33(18)6-5-31-7-8-35-14(3)20(31)24/h9-12,14,20H,4-8,24H2,1-3H3,(H2,25,34)(H,27,28,29)/t14-,20-/m0/s1. The number of hydrogen-bond donors (Lipinski definition) is 3. The van der Waals surface area contributed by atoms with Crippen molar-refractivity contribution in [1.29, 1.82) is 0 Å². The number of carbonyl (C=O) groups is 1. The number of aromatic amines is 1. The van der Waals surface area contributed by atoms with Gasteiger partial charge in [-0.15, -0.1) is 0 Å². The first-order chi connectivity index (χ1) is 16.9. The van der Waals surface area contributed by atoms with E-state index in [1.807, 2.05) is 36.2 Å². The second kappa shape index (κ2) is 9.21. The number of benzene rings is 1. The Morgan fingerprint density at radius 1 is 1.26 bits per heavy atom. The number of nitrogens with one attached hydrogen (secondary N) is 1. The first kappa shape index (κ1) is 23.1. The average molecular weight is 479 g/mol. The Hall–Kier alpha value is -3.61. The van der Waals surface area contributed by atoms with Gasteiger partial charge in [0.25, 0.3) is 0 Å². The Balaban J connectivity index is 1.50. The van der Waals surface area contributed by atoms with Crippen molar-refractivity contribution in [1.82, 2.24) is 39.6 Å². The number of primary amides is 1. The van der Waals surface area contributed by atoms with Crippen LogP contribution in [0.4, 0.5) is 0 Å². The van der Waals surface area contributed by atoms with Gasteiger partial charge in [-0.3, -0.25) is 24.2 Å². The van der Waals surface area contributed by atoms with Gasteiger partial charge in [-0.1, -0.05) is 0 Å². The van der Waals surface area contributed by atoms with Crippen molar-refractivity contribution in [2.45, 2.75) is 46.1 Å². The Labute approximate surface area is 202 Å². The van der Waals surface area contributed by atoms with Crippen molar-refractivity contribution in [3.8, 4) is 22.9 Å². The van der Waals surface area contributed by atoms with E-state index in [1.54, 1.807) is 18.3 Å². The molecule has 0 bridgehead atoms. The van der Waals surface area contributed by atoms with Gasteiger partial charge in [0.15, 0.2) is 11.6 Å². The molecule has 2 atom stereocenters. The summed E-state index contributed by atoms with van der Waals surface area (Å²) >= 11 is 0. The molecule has 0 radical (unpaired) electrons. The minimum Gasteiger partial charge on any atom is -0.374 e. The van der Waals surface area contributed by atoms with Crippen LogP contribution in [0.25, 0.3) is 33.8 Å². The lowest BCUT2D eigenvalue weighted by Gasteiger charge is -2.37. The molecule has 1 amide bonds.